The summed E-state index contributed by atoms with van der Waals surface area (Å²) in [6, 6.07) is 6.93. The van der Waals surface area contributed by atoms with Gasteiger partial charge < -0.3 is 16.4 Å². The number of nitrogen functional groups attached to an aromatic ring is 1. The van der Waals surface area contributed by atoms with Crippen molar-refractivity contribution < 1.29 is 44.3 Å². The number of benzene rings is 2. The standard InChI is InChI=1S/C25H20F9N7O/c1-12(2)41-20-17(19(35)36-11-37-20)18(40-41)13-3-7-15(8-4-13)38-21(42)39-16-9-5-14(6-10-16)22(26,27)23(28,29)24(30,31)25(32,33)34/h3-12H,1-2H3,(H2,35,36,37)(H2,38,39,42). The van der Waals surface area contributed by atoms with Crippen molar-refractivity contribution in [1.29, 1.82) is 0 Å². The molecular formula is C25H20F9N7O. The first-order valence-electron chi connectivity index (χ1n) is 11.9. The van der Waals surface area contributed by atoms with Gasteiger partial charge in [0.05, 0.1) is 5.39 Å². The van der Waals surface area contributed by atoms with Gasteiger partial charge in [-0.15, -0.1) is 0 Å². The van der Waals surface area contributed by atoms with E-state index in [0.29, 0.717) is 34.4 Å². The molecule has 0 saturated carbocycles. The second kappa shape index (κ2) is 10.4. The summed E-state index contributed by atoms with van der Waals surface area (Å²) in [6.07, 6.45) is -5.61. The van der Waals surface area contributed by atoms with Crippen LogP contribution in [0.4, 0.5) is 61.5 Å². The molecule has 4 N–H and O–H groups in total. The molecule has 224 valence electrons. The first kappa shape index (κ1) is 30.4. The number of alkyl halides is 9. The molecule has 0 aliphatic rings. The van der Waals surface area contributed by atoms with Crippen LogP contribution in [0.2, 0.25) is 0 Å². The quantitative estimate of drug-likeness (QED) is 0.193. The molecule has 0 unspecified atom stereocenters. The maximum Gasteiger partial charge on any atom is 0.460 e. The highest BCUT2D eigenvalue weighted by Gasteiger charge is 2.82. The first-order valence-corrected chi connectivity index (χ1v) is 11.9. The summed E-state index contributed by atoms with van der Waals surface area (Å²) in [4.78, 5) is 20.6. The van der Waals surface area contributed by atoms with Crippen LogP contribution in [0.15, 0.2) is 54.9 Å². The van der Waals surface area contributed by atoms with Crippen molar-refractivity contribution in [2.24, 2.45) is 0 Å². The van der Waals surface area contributed by atoms with Gasteiger partial charge >= 0.3 is 30.0 Å². The Morgan fingerprint density at radius 2 is 1.33 bits per heavy atom. The van der Waals surface area contributed by atoms with E-state index in [9.17, 15) is 44.3 Å². The molecule has 2 heterocycles. The van der Waals surface area contributed by atoms with Crippen molar-refractivity contribution in [2.45, 2.75) is 43.8 Å². The van der Waals surface area contributed by atoms with E-state index in [1.54, 1.807) is 16.8 Å². The van der Waals surface area contributed by atoms with E-state index in [-0.39, 0.29) is 35.4 Å². The average molecular weight is 605 g/mol. The number of nitrogens with one attached hydrogen (secondary N) is 2. The minimum Gasteiger partial charge on any atom is -0.383 e. The molecule has 42 heavy (non-hydrogen) atoms. The number of urea groups is 1. The van der Waals surface area contributed by atoms with Crippen LogP contribution in [0.25, 0.3) is 22.3 Å². The second-order valence-electron chi connectivity index (χ2n) is 9.30. The number of hydrogen-bond donors (Lipinski definition) is 3. The lowest BCUT2D eigenvalue weighted by Crippen LogP contribution is -2.59. The number of halogens is 9. The molecule has 4 rings (SSSR count). The number of aromatic nitrogens is 4. The van der Waals surface area contributed by atoms with Crippen LogP contribution < -0.4 is 16.4 Å². The average Bonchev–Trinajstić information content (AvgIpc) is 3.30. The van der Waals surface area contributed by atoms with E-state index in [2.05, 4.69) is 25.7 Å². The van der Waals surface area contributed by atoms with Gasteiger partial charge in [0.2, 0.25) is 0 Å². The molecular weight excluding hydrogens is 585 g/mol. The molecule has 2 amide bonds. The lowest BCUT2D eigenvalue weighted by atomic mass is 9.96. The van der Waals surface area contributed by atoms with Gasteiger partial charge in [-0.3, -0.25) is 0 Å². The first-order chi connectivity index (χ1) is 19.4. The lowest BCUT2D eigenvalue weighted by molar-refractivity contribution is -0.399. The predicted octanol–water partition coefficient (Wildman–Crippen LogP) is 7.23. The molecule has 0 spiro atoms. The van der Waals surface area contributed by atoms with E-state index in [1.165, 1.54) is 18.5 Å². The number of fused-ring (bicyclic) bond motifs is 1. The fraction of sp³-hybridized carbons (Fsp3) is 0.280. The summed E-state index contributed by atoms with van der Waals surface area (Å²) in [6.45, 7) is 3.81. The Hall–Kier alpha value is -4.57. The maximum absolute atomic E-state index is 14.1. The Morgan fingerprint density at radius 1 is 0.810 bits per heavy atom. The van der Waals surface area contributed by atoms with Crippen molar-refractivity contribution in [2.75, 3.05) is 16.4 Å². The number of carbonyl (C=O) groups is 1. The third-order valence-corrected chi connectivity index (χ3v) is 6.07. The topological polar surface area (TPSA) is 111 Å². The highest BCUT2D eigenvalue weighted by Crippen LogP contribution is 2.56. The van der Waals surface area contributed by atoms with Crippen LogP contribution >= 0.6 is 0 Å². The van der Waals surface area contributed by atoms with Gasteiger partial charge in [0, 0.05) is 28.5 Å². The molecule has 0 aliphatic carbocycles. The monoisotopic (exact) mass is 605 g/mol. The van der Waals surface area contributed by atoms with Gasteiger partial charge in [-0.1, -0.05) is 24.3 Å². The number of nitrogens with two attached hydrogens (primary N) is 1. The van der Waals surface area contributed by atoms with Gasteiger partial charge in [0.25, 0.3) is 0 Å². The summed E-state index contributed by atoms with van der Waals surface area (Å²) in [7, 11) is 0. The van der Waals surface area contributed by atoms with Crippen LogP contribution in [0.5, 0.6) is 0 Å². The van der Waals surface area contributed by atoms with Crippen LogP contribution in [0.1, 0.15) is 25.5 Å². The largest absolute Gasteiger partial charge is 0.460 e. The van der Waals surface area contributed by atoms with Gasteiger partial charge in [0.15, 0.2) is 5.65 Å². The smallest absolute Gasteiger partial charge is 0.383 e. The highest BCUT2D eigenvalue weighted by atomic mass is 19.4. The molecule has 4 aromatic rings. The number of nitrogens with zero attached hydrogens (tertiary/aromatic N) is 4. The molecule has 0 saturated heterocycles. The zero-order valence-electron chi connectivity index (χ0n) is 21.4. The Labute approximate surface area is 230 Å². The second-order valence-corrected chi connectivity index (χ2v) is 9.30. The van der Waals surface area contributed by atoms with E-state index >= 15 is 0 Å². The van der Waals surface area contributed by atoms with Crippen LogP contribution in [-0.4, -0.2) is 43.8 Å². The number of hydrogen-bond acceptors (Lipinski definition) is 5. The molecule has 17 heteroatoms. The summed E-state index contributed by atoms with van der Waals surface area (Å²) < 4.78 is 121. The zero-order valence-corrected chi connectivity index (χ0v) is 21.4. The van der Waals surface area contributed by atoms with Crippen molar-refractivity contribution >= 4 is 34.3 Å². The predicted molar refractivity (Wildman–Crippen MR) is 134 cm³/mol. The third kappa shape index (κ3) is 5.14. The van der Waals surface area contributed by atoms with Gasteiger partial charge in [0.1, 0.15) is 17.8 Å². The number of anilines is 3. The highest BCUT2D eigenvalue weighted by molar-refractivity contribution is 6.01. The Bertz CT molecular complexity index is 1600. The SMILES string of the molecule is CC(C)n1nc(-c2ccc(NC(=O)Nc3ccc(C(F)(F)C(F)(F)C(F)(F)C(F)(F)F)cc3)cc2)c2c(N)ncnc21. The van der Waals surface area contributed by atoms with Crippen LogP contribution in [0, 0.1) is 0 Å². The zero-order chi connectivity index (χ0) is 31.3. The molecule has 8 nitrogen and oxygen atoms in total. The number of amides is 2. The summed E-state index contributed by atoms with van der Waals surface area (Å²) in [5, 5.41) is 9.72. The van der Waals surface area contributed by atoms with Gasteiger partial charge in [-0.05, 0) is 38.1 Å². The van der Waals surface area contributed by atoms with Crippen molar-refractivity contribution in [3.8, 4) is 11.3 Å². The molecule has 0 fully saturated rings. The molecule has 0 bridgehead atoms. The lowest BCUT2D eigenvalue weighted by Gasteiger charge is -2.33. The van der Waals surface area contributed by atoms with Crippen molar-refractivity contribution in [3.63, 3.8) is 0 Å². The van der Waals surface area contributed by atoms with E-state index in [4.69, 9.17) is 5.73 Å². The Balaban J connectivity index is 1.47. The Morgan fingerprint density at radius 3 is 1.83 bits per heavy atom. The molecule has 2 aromatic carbocycles. The number of carbonyl (C=O) groups excluding carboxylic acids is 1. The normalized spacial score (nSPS) is 13.0. The minimum absolute atomic E-state index is 0.0437. The maximum atomic E-state index is 14.1. The van der Waals surface area contributed by atoms with E-state index < -0.39 is 35.5 Å². The third-order valence-electron chi connectivity index (χ3n) is 6.07. The van der Waals surface area contributed by atoms with E-state index in [1.807, 2.05) is 13.8 Å². The molecule has 0 aliphatic heterocycles. The van der Waals surface area contributed by atoms with E-state index in [0.717, 1.165) is 0 Å². The fourth-order valence-electron chi connectivity index (χ4n) is 3.88. The Kier molecular flexibility index (Phi) is 7.50. The van der Waals surface area contributed by atoms with Gasteiger partial charge in [-0.2, -0.15) is 44.6 Å². The van der Waals surface area contributed by atoms with Crippen molar-refractivity contribution in [3.05, 3.63) is 60.4 Å². The molecule has 2 aromatic heterocycles. The fourth-order valence-corrected chi connectivity index (χ4v) is 3.88. The molecule has 0 radical (unpaired) electrons. The van der Waals surface area contributed by atoms with Gasteiger partial charge in [-0.25, -0.2) is 19.4 Å². The van der Waals surface area contributed by atoms with Crippen LogP contribution in [0.3, 0.4) is 0 Å². The summed E-state index contributed by atoms with van der Waals surface area (Å²) in [5.41, 5.74) is 5.84. The minimum atomic E-state index is -7.02. The van der Waals surface area contributed by atoms with Crippen molar-refractivity contribution in [1.82, 2.24) is 19.7 Å². The molecule has 0 atom stereocenters. The van der Waals surface area contributed by atoms with Crippen LogP contribution in [-0.2, 0) is 5.92 Å². The summed E-state index contributed by atoms with van der Waals surface area (Å²) in [5.74, 6) is -19.5. The number of rotatable bonds is 7. The summed E-state index contributed by atoms with van der Waals surface area (Å²) >= 11 is 0.